The van der Waals surface area contributed by atoms with Crippen LogP contribution in [0.15, 0.2) is 103 Å². The zero-order valence-electron chi connectivity index (χ0n) is 27.5. The van der Waals surface area contributed by atoms with E-state index in [9.17, 15) is 0 Å². The van der Waals surface area contributed by atoms with Gasteiger partial charge in [-0.2, -0.15) is 4.57 Å². The highest BCUT2D eigenvalue weighted by Gasteiger charge is 2.35. The second-order valence-electron chi connectivity index (χ2n) is 9.10. The zero-order chi connectivity index (χ0) is 30.9. The van der Waals surface area contributed by atoms with Gasteiger partial charge >= 0.3 is 0 Å². The van der Waals surface area contributed by atoms with Gasteiger partial charge < -0.3 is 9.30 Å². The van der Waals surface area contributed by atoms with Crippen LogP contribution in [-0.4, -0.2) is 4.57 Å². The molecule has 0 atom stereocenters. The minimum absolute atomic E-state index is 0.0264. The Morgan fingerprint density at radius 1 is 0.778 bits per heavy atom. The molecule has 3 heteroatoms. The third-order valence-corrected chi connectivity index (χ3v) is 7.21. The predicted molar refractivity (Wildman–Crippen MR) is 147 cm³/mol. The van der Waals surface area contributed by atoms with E-state index in [1.165, 1.54) is 0 Å². The van der Waals surface area contributed by atoms with Crippen molar-refractivity contribution >= 4 is 43.5 Å². The van der Waals surface area contributed by atoms with E-state index in [0.29, 0.717) is 22.6 Å². The summed E-state index contributed by atoms with van der Waals surface area (Å²) in [6, 6.07) is 14.2. The minimum Gasteiger partial charge on any atom is -0.447 e. The summed E-state index contributed by atoms with van der Waals surface area (Å²) in [6.07, 6.45) is 0. The SMILES string of the molecule is [2H]c1c([2H])c([2H])c2c(c1[2H])c1c([2H])c([2H])c([2H])c([2H])c1n2-c1c2c([n+](C)c3ccccc13)-c1c(C)ccc3cccc(c13)O2. The molecule has 0 amide bonds. The molecule has 3 heterocycles. The lowest BCUT2D eigenvalue weighted by Crippen LogP contribution is -2.34. The fourth-order valence-electron chi connectivity index (χ4n) is 5.67. The van der Waals surface area contributed by atoms with Gasteiger partial charge in [0.2, 0.25) is 11.3 Å². The largest absolute Gasteiger partial charge is 0.447 e. The first-order valence-corrected chi connectivity index (χ1v) is 11.7. The highest BCUT2D eigenvalue weighted by molar-refractivity contribution is 6.12. The summed E-state index contributed by atoms with van der Waals surface area (Å²) >= 11 is 0. The van der Waals surface area contributed by atoms with Crippen molar-refractivity contribution in [2.24, 2.45) is 7.05 Å². The number of pyridine rings is 1. The van der Waals surface area contributed by atoms with E-state index in [0.717, 1.165) is 33.1 Å². The van der Waals surface area contributed by atoms with Gasteiger partial charge in [0, 0.05) is 22.2 Å². The molecule has 0 N–H and O–H groups in total. The number of benzene rings is 5. The van der Waals surface area contributed by atoms with Gasteiger partial charge in [0.05, 0.1) is 32.9 Å². The lowest BCUT2D eigenvalue weighted by molar-refractivity contribution is -0.633. The van der Waals surface area contributed by atoms with Crippen LogP contribution in [0.1, 0.15) is 16.5 Å². The van der Waals surface area contributed by atoms with Crippen LogP contribution in [0.4, 0.5) is 0 Å². The molecule has 36 heavy (non-hydrogen) atoms. The van der Waals surface area contributed by atoms with Crippen molar-refractivity contribution in [3.05, 3.63) is 109 Å². The van der Waals surface area contributed by atoms with E-state index in [4.69, 9.17) is 15.7 Å². The summed E-state index contributed by atoms with van der Waals surface area (Å²) in [5.41, 5.74) is 4.05. The molecule has 0 aliphatic carbocycles. The van der Waals surface area contributed by atoms with Crippen LogP contribution < -0.4 is 9.30 Å². The van der Waals surface area contributed by atoms with Crippen LogP contribution in [0.25, 0.3) is 60.4 Å². The molecule has 0 spiro atoms. The average molecular weight is 472 g/mol. The van der Waals surface area contributed by atoms with E-state index < -0.39 is 24.2 Å². The number of aryl methyl sites for hydroxylation is 2. The number of hydrogen-bond acceptors (Lipinski definition) is 1. The third-order valence-electron chi connectivity index (χ3n) is 7.21. The highest BCUT2D eigenvalue weighted by Crippen LogP contribution is 2.51. The molecule has 1 aliphatic rings. The molecular weight excluding hydrogens is 440 g/mol. The van der Waals surface area contributed by atoms with Gasteiger partial charge in [-0.1, -0.05) is 72.7 Å². The van der Waals surface area contributed by atoms with Crippen LogP contribution in [0, 0.1) is 6.92 Å². The Balaban J connectivity index is 1.72. The number of fused-ring (bicyclic) bond motifs is 6. The third kappa shape index (κ3) is 2.39. The van der Waals surface area contributed by atoms with Gasteiger partial charge in [-0.15, -0.1) is 0 Å². The van der Waals surface area contributed by atoms with E-state index in [1.807, 2.05) is 67.1 Å². The Bertz CT molecular complexity index is 2410. The van der Waals surface area contributed by atoms with Gasteiger partial charge in [0.15, 0.2) is 0 Å². The quantitative estimate of drug-likeness (QED) is 0.222. The molecule has 170 valence electrons. The Morgan fingerprint density at radius 3 is 2.28 bits per heavy atom. The maximum atomic E-state index is 9.06. The van der Waals surface area contributed by atoms with Crippen LogP contribution >= 0.6 is 0 Å². The average Bonchev–Trinajstić information content (AvgIpc) is 3.38. The molecule has 5 aromatic carbocycles. The molecule has 3 nitrogen and oxygen atoms in total. The van der Waals surface area contributed by atoms with Gasteiger partial charge in [0.1, 0.15) is 18.5 Å². The number of aromatic nitrogens is 2. The van der Waals surface area contributed by atoms with Gasteiger partial charge in [-0.3, -0.25) is 0 Å². The molecule has 0 saturated heterocycles. The standard InChI is InChI=1S/C33H23N2O/c1-20-18-19-21-10-9-17-28-30(21)29(20)32-33(36-28)31(24-13-5-6-14-25(24)34(32)2)35-26-15-7-3-11-22(26)23-12-4-8-16-27(23)35/h3-19H,1-2H3/q+1/i3D,4D,7D,8D,11D,12D,15D,16D. The van der Waals surface area contributed by atoms with Crippen molar-refractivity contribution in [1.82, 2.24) is 4.57 Å². The summed E-state index contributed by atoms with van der Waals surface area (Å²) in [7, 11) is 1.95. The Morgan fingerprint density at radius 2 is 1.50 bits per heavy atom. The molecule has 1 aliphatic heterocycles. The lowest BCUT2D eigenvalue weighted by Gasteiger charge is -2.24. The highest BCUT2D eigenvalue weighted by atomic mass is 16.5. The zero-order valence-corrected chi connectivity index (χ0v) is 19.5. The fraction of sp³-hybridized carbons (Fsp3) is 0.0606. The van der Waals surface area contributed by atoms with Crippen LogP contribution in [-0.2, 0) is 7.05 Å². The van der Waals surface area contributed by atoms with Crippen LogP contribution in [0.2, 0.25) is 0 Å². The Labute approximate surface area is 219 Å². The second kappa shape index (κ2) is 6.96. The maximum Gasteiger partial charge on any atom is 0.259 e. The van der Waals surface area contributed by atoms with Crippen molar-refractivity contribution in [2.45, 2.75) is 6.92 Å². The minimum atomic E-state index is -0.479. The van der Waals surface area contributed by atoms with E-state index in [1.54, 1.807) is 4.57 Å². The fourth-order valence-corrected chi connectivity index (χ4v) is 5.67. The van der Waals surface area contributed by atoms with Gasteiger partial charge in [-0.05, 0) is 42.1 Å². The lowest BCUT2D eigenvalue weighted by atomic mass is 9.92. The summed E-state index contributed by atoms with van der Waals surface area (Å²) in [5, 5.41) is 2.68. The number of rotatable bonds is 1. The molecule has 0 radical (unpaired) electrons. The summed E-state index contributed by atoms with van der Waals surface area (Å²) in [4.78, 5) is 0. The molecule has 2 aromatic heterocycles. The summed E-state index contributed by atoms with van der Waals surface area (Å²) in [5.74, 6) is 1.04. The van der Waals surface area contributed by atoms with Crippen molar-refractivity contribution in [2.75, 3.05) is 0 Å². The topological polar surface area (TPSA) is 18.0 Å². The maximum absolute atomic E-state index is 9.06. The van der Waals surface area contributed by atoms with Crippen LogP contribution in [0.3, 0.4) is 0 Å². The first-order valence-electron chi connectivity index (χ1n) is 15.7. The van der Waals surface area contributed by atoms with Crippen molar-refractivity contribution in [3.8, 4) is 28.4 Å². The van der Waals surface area contributed by atoms with E-state index in [-0.39, 0.29) is 46.0 Å². The molecule has 0 saturated carbocycles. The first kappa shape index (κ1) is 13.5. The molecule has 7 aromatic rings. The predicted octanol–water partition coefficient (Wildman–Crippen LogP) is 8.00. The smallest absolute Gasteiger partial charge is 0.259 e. The molecule has 0 fully saturated rings. The summed E-state index contributed by atoms with van der Waals surface area (Å²) < 4.78 is 80.2. The van der Waals surface area contributed by atoms with Gasteiger partial charge in [0.25, 0.3) is 5.69 Å². The molecular formula is C33H23N2O+. The molecule has 0 unspecified atom stereocenters. The van der Waals surface area contributed by atoms with Crippen molar-refractivity contribution in [3.63, 3.8) is 0 Å². The first-order chi connectivity index (χ1) is 21.0. The number of nitrogens with zero attached hydrogens (tertiary/aromatic N) is 2. The van der Waals surface area contributed by atoms with Crippen molar-refractivity contribution < 1.29 is 20.3 Å². The Kier molecular flexibility index (Phi) is 2.60. The van der Waals surface area contributed by atoms with Gasteiger partial charge in [-0.25, -0.2) is 0 Å². The monoisotopic (exact) mass is 471 g/mol. The number of ether oxygens (including phenoxy) is 1. The second-order valence-corrected chi connectivity index (χ2v) is 9.10. The Hall–Kier alpha value is -4.63. The summed E-state index contributed by atoms with van der Waals surface area (Å²) in [6.45, 7) is 2.03. The molecule has 8 rings (SSSR count). The van der Waals surface area contributed by atoms with Crippen molar-refractivity contribution in [1.29, 1.82) is 0 Å². The molecule has 0 bridgehead atoms. The van der Waals surface area contributed by atoms with E-state index in [2.05, 4.69) is 6.07 Å². The van der Waals surface area contributed by atoms with E-state index >= 15 is 0 Å². The normalized spacial score (nSPS) is 15.5. The number of para-hydroxylation sites is 3. The van der Waals surface area contributed by atoms with Crippen LogP contribution in [0.5, 0.6) is 11.5 Å². The number of hydrogen-bond donors (Lipinski definition) is 0.